The molecular weight excluding hydrogens is 507 g/mol. The van der Waals surface area contributed by atoms with Crippen LogP contribution >= 0.6 is 0 Å². The molecule has 2 N–H and O–H groups in total. The summed E-state index contributed by atoms with van der Waals surface area (Å²) >= 11 is 0. The lowest BCUT2D eigenvalue weighted by Gasteiger charge is -2.33. The standard InChI is InChI=1S/C33H39FN2O4/c1-22(23-13-7-5-8-14-23)35-32(40)30(33(2,3)4)36-31(39)26(21-28(37)38)19-11-17-25-18-12-20-27(34)29(25)24-15-9-6-10-16-24/h5-10,12-16,18,20,22,26,30H,11,17,19,21H2,1-4H3,(H,35,40)(H,36,39)(H,37,38)/p-1. The summed E-state index contributed by atoms with van der Waals surface area (Å²) in [5.74, 6) is -3.45. The summed E-state index contributed by atoms with van der Waals surface area (Å²) in [7, 11) is 0. The van der Waals surface area contributed by atoms with Gasteiger partial charge in [0.2, 0.25) is 11.8 Å². The van der Waals surface area contributed by atoms with Crippen LogP contribution in [-0.2, 0) is 20.8 Å². The third-order valence-electron chi connectivity index (χ3n) is 7.02. The van der Waals surface area contributed by atoms with E-state index in [0.29, 0.717) is 18.4 Å². The van der Waals surface area contributed by atoms with Gasteiger partial charge < -0.3 is 20.5 Å². The molecule has 3 unspecified atom stereocenters. The Morgan fingerprint density at radius 2 is 1.48 bits per heavy atom. The molecule has 2 amide bonds. The average molecular weight is 546 g/mol. The van der Waals surface area contributed by atoms with E-state index in [1.807, 2.05) is 94.4 Å². The van der Waals surface area contributed by atoms with E-state index in [9.17, 15) is 23.9 Å². The lowest BCUT2D eigenvalue weighted by atomic mass is 9.85. The molecular formula is C33H38FN2O4-. The Morgan fingerprint density at radius 3 is 2.08 bits per heavy atom. The summed E-state index contributed by atoms with van der Waals surface area (Å²) in [6.07, 6.45) is 0.672. The van der Waals surface area contributed by atoms with Crippen molar-refractivity contribution in [2.45, 2.75) is 65.5 Å². The molecule has 0 aromatic heterocycles. The van der Waals surface area contributed by atoms with Gasteiger partial charge in [-0.2, -0.15) is 0 Å². The van der Waals surface area contributed by atoms with Crippen LogP contribution < -0.4 is 15.7 Å². The van der Waals surface area contributed by atoms with Gasteiger partial charge in [0.15, 0.2) is 0 Å². The van der Waals surface area contributed by atoms with E-state index < -0.39 is 35.7 Å². The molecule has 0 bridgehead atoms. The Kier molecular flexibility index (Phi) is 10.6. The third-order valence-corrected chi connectivity index (χ3v) is 7.02. The van der Waals surface area contributed by atoms with Gasteiger partial charge in [-0.1, -0.05) is 93.6 Å². The Balaban J connectivity index is 1.71. The fourth-order valence-corrected chi connectivity index (χ4v) is 4.83. The summed E-state index contributed by atoms with van der Waals surface area (Å²) < 4.78 is 14.8. The minimum atomic E-state index is -1.34. The van der Waals surface area contributed by atoms with Crippen molar-refractivity contribution in [1.82, 2.24) is 10.6 Å². The molecule has 0 saturated heterocycles. The van der Waals surface area contributed by atoms with Crippen molar-refractivity contribution in [2.24, 2.45) is 11.3 Å². The fraction of sp³-hybridized carbons (Fsp3) is 0.364. The largest absolute Gasteiger partial charge is 0.550 e. The van der Waals surface area contributed by atoms with Crippen molar-refractivity contribution < 1.29 is 23.9 Å². The number of nitrogens with one attached hydrogen (secondary N) is 2. The predicted molar refractivity (Wildman–Crippen MR) is 152 cm³/mol. The van der Waals surface area contributed by atoms with Gasteiger partial charge in [-0.3, -0.25) is 9.59 Å². The quantitative estimate of drug-likeness (QED) is 0.335. The van der Waals surface area contributed by atoms with Crippen LogP contribution in [-0.4, -0.2) is 23.8 Å². The Hall–Kier alpha value is -4.00. The molecule has 0 aliphatic carbocycles. The van der Waals surface area contributed by atoms with Crippen LogP contribution in [0.1, 0.15) is 64.1 Å². The summed E-state index contributed by atoms with van der Waals surface area (Å²) in [6, 6.07) is 22.4. The number of benzene rings is 3. The first-order chi connectivity index (χ1) is 19.0. The first kappa shape index (κ1) is 30.5. The van der Waals surface area contributed by atoms with Crippen molar-refractivity contribution in [3.8, 4) is 11.1 Å². The molecule has 0 heterocycles. The summed E-state index contributed by atoms with van der Waals surface area (Å²) in [4.78, 5) is 38.1. The van der Waals surface area contributed by atoms with Crippen molar-refractivity contribution in [3.05, 3.63) is 95.8 Å². The first-order valence-electron chi connectivity index (χ1n) is 13.7. The molecule has 0 radical (unpaired) electrons. The van der Waals surface area contributed by atoms with Gasteiger partial charge in [0.1, 0.15) is 11.9 Å². The zero-order valence-electron chi connectivity index (χ0n) is 23.6. The number of hydrogen-bond acceptors (Lipinski definition) is 4. The summed E-state index contributed by atoms with van der Waals surface area (Å²) in [6.45, 7) is 7.39. The molecule has 212 valence electrons. The molecule has 3 rings (SSSR count). The minimum absolute atomic E-state index is 0.240. The number of aryl methyl sites for hydroxylation is 1. The second-order valence-electron chi connectivity index (χ2n) is 11.3. The normalized spacial score (nSPS) is 13.6. The van der Waals surface area contributed by atoms with E-state index in [0.717, 1.165) is 16.7 Å². The Labute approximate surface area is 236 Å². The van der Waals surface area contributed by atoms with Gasteiger partial charge in [-0.15, -0.1) is 0 Å². The fourth-order valence-electron chi connectivity index (χ4n) is 4.83. The van der Waals surface area contributed by atoms with Crippen molar-refractivity contribution in [3.63, 3.8) is 0 Å². The van der Waals surface area contributed by atoms with Gasteiger partial charge in [0, 0.05) is 17.5 Å². The van der Waals surface area contributed by atoms with E-state index in [1.54, 1.807) is 6.07 Å². The van der Waals surface area contributed by atoms with Gasteiger partial charge in [-0.25, -0.2) is 4.39 Å². The summed E-state index contributed by atoms with van der Waals surface area (Å²) in [5, 5.41) is 17.3. The van der Waals surface area contributed by atoms with E-state index >= 15 is 0 Å². The van der Waals surface area contributed by atoms with Crippen LogP contribution in [0.5, 0.6) is 0 Å². The molecule has 3 aromatic rings. The van der Waals surface area contributed by atoms with E-state index in [4.69, 9.17) is 0 Å². The van der Waals surface area contributed by atoms with Crippen molar-refractivity contribution >= 4 is 17.8 Å². The number of halogens is 1. The number of hydrogen-bond donors (Lipinski definition) is 2. The van der Waals surface area contributed by atoms with Crippen LogP contribution in [0.25, 0.3) is 11.1 Å². The molecule has 7 heteroatoms. The van der Waals surface area contributed by atoms with E-state index in [-0.39, 0.29) is 24.2 Å². The Morgan fingerprint density at radius 1 is 0.850 bits per heavy atom. The predicted octanol–water partition coefficient (Wildman–Crippen LogP) is 4.98. The van der Waals surface area contributed by atoms with Gasteiger partial charge in [-0.05, 0) is 60.8 Å². The maximum Gasteiger partial charge on any atom is 0.243 e. The average Bonchev–Trinajstić information content (AvgIpc) is 2.91. The summed E-state index contributed by atoms with van der Waals surface area (Å²) in [5.41, 5.74) is 2.33. The highest BCUT2D eigenvalue weighted by molar-refractivity contribution is 5.90. The van der Waals surface area contributed by atoms with Gasteiger partial charge in [0.25, 0.3) is 0 Å². The number of rotatable bonds is 12. The molecule has 0 fully saturated rings. The number of carbonyl (C=O) groups excluding carboxylic acids is 3. The lowest BCUT2D eigenvalue weighted by Crippen LogP contribution is -2.55. The SMILES string of the molecule is CC(NC(=O)C(NC(=O)C(CCCc1cccc(F)c1-c1ccccc1)CC(=O)[O-])C(C)(C)C)c1ccccc1. The molecule has 40 heavy (non-hydrogen) atoms. The maximum absolute atomic E-state index is 14.8. The van der Waals surface area contributed by atoms with Crippen LogP contribution in [0.15, 0.2) is 78.9 Å². The second-order valence-corrected chi connectivity index (χ2v) is 11.3. The van der Waals surface area contributed by atoms with Crippen molar-refractivity contribution in [1.29, 1.82) is 0 Å². The van der Waals surface area contributed by atoms with Crippen LogP contribution in [0.4, 0.5) is 4.39 Å². The highest BCUT2D eigenvalue weighted by atomic mass is 19.1. The highest BCUT2D eigenvalue weighted by Crippen LogP contribution is 2.29. The monoisotopic (exact) mass is 545 g/mol. The number of carbonyl (C=O) groups is 3. The smallest absolute Gasteiger partial charge is 0.243 e. The van der Waals surface area contributed by atoms with Gasteiger partial charge >= 0.3 is 0 Å². The molecule has 3 atom stereocenters. The van der Waals surface area contributed by atoms with Crippen molar-refractivity contribution in [2.75, 3.05) is 0 Å². The number of amides is 2. The molecule has 3 aromatic carbocycles. The minimum Gasteiger partial charge on any atom is -0.550 e. The highest BCUT2D eigenvalue weighted by Gasteiger charge is 2.35. The maximum atomic E-state index is 14.8. The third kappa shape index (κ3) is 8.50. The second kappa shape index (κ2) is 13.9. The number of carboxylic acid groups (broad SMARTS) is 1. The zero-order valence-corrected chi connectivity index (χ0v) is 23.6. The first-order valence-corrected chi connectivity index (χ1v) is 13.7. The molecule has 0 aliphatic rings. The zero-order chi connectivity index (χ0) is 29.3. The topological polar surface area (TPSA) is 98.3 Å². The lowest BCUT2D eigenvalue weighted by molar-refractivity contribution is -0.306. The van der Waals surface area contributed by atoms with Gasteiger partial charge in [0.05, 0.1) is 6.04 Å². The molecule has 0 spiro atoms. The van der Waals surface area contributed by atoms with Crippen LogP contribution in [0.2, 0.25) is 0 Å². The number of aliphatic carboxylic acids is 1. The molecule has 0 aliphatic heterocycles. The number of carboxylic acids is 1. The molecule has 6 nitrogen and oxygen atoms in total. The van der Waals surface area contributed by atoms with Crippen LogP contribution in [0.3, 0.4) is 0 Å². The van der Waals surface area contributed by atoms with E-state index in [2.05, 4.69) is 10.6 Å². The van der Waals surface area contributed by atoms with E-state index in [1.165, 1.54) is 6.07 Å². The van der Waals surface area contributed by atoms with Crippen LogP contribution in [0, 0.1) is 17.2 Å². The Bertz CT molecular complexity index is 1290. The molecule has 0 saturated carbocycles.